The molecule has 172 valence electrons. The molecule has 1 saturated heterocycles. The Labute approximate surface area is 203 Å². The zero-order valence-corrected chi connectivity index (χ0v) is 20.1. The quantitative estimate of drug-likeness (QED) is 0.465. The summed E-state index contributed by atoms with van der Waals surface area (Å²) in [6.07, 6.45) is 0. The highest BCUT2D eigenvalue weighted by atomic mass is 35.5. The van der Waals surface area contributed by atoms with Gasteiger partial charge in [0.2, 0.25) is 10.0 Å². The number of nitrogens with one attached hydrogen (secondary N) is 1. The Kier molecular flexibility index (Phi) is 7.72. The van der Waals surface area contributed by atoms with Gasteiger partial charge >= 0.3 is 0 Å². The molecule has 0 radical (unpaired) electrons. The van der Waals surface area contributed by atoms with Crippen LogP contribution in [-0.4, -0.2) is 44.9 Å². The molecule has 1 fully saturated rings. The van der Waals surface area contributed by atoms with Gasteiger partial charge in [0, 0.05) is 29.4 Å². The van der Waals surface area contributed by atoms with Gasteiger partial charge < -0.3 is 10.1 Å². The summed E-state index contributed by atoms with van der Waals surface area (Å²) in [5.41, 5.74) is 1.83. The number of anilines is 1. The summed E-state index contributed by atoms with van der Waals surface area (Å²) in [5, 5.41) is 2.98. The van der Waals surface area contributed by atoms with E-state index in [0.29, 0.717) is 18.9 Å². The molecule has 0 atom stereocenters. The molecule has 1 heterocycles. The van der Waals surface area contributed by atoms with Crippen molar-refractivity contribution in [2.45, 2.75) is 15.5 Å². The lowest BCUT2D eigenvalue weighted by Gasteiger charge is -2.26. The van der Waals surface area contributed by atoms with E-state index < -0.39 is 15.9 Å². The Balaban J connectivity index is 1.44. The molecule has 0 aliphatic carbocycles. The maximum Gasteiger partial charge on any atom is 0.257 e. The van der Waals surface area contributed by atoms with Crippen LogP contribution in [0.2, 0.25) is 5.02 Å². The first kappa shape index (κ1) is 23.8. The molecule has 1 amide bonds. The van der Waals surface area contributed by atoms with Crippen molar-refractivity contribution in [3.8, 4) is 0 Å². The van der Waals surface area contributed by atoms with Crippen LogP contribution in [0.1, 0.15) is 15.9 Å². The van der Waals surface area contributed by atoms with E-state index in [4.69, 9.17) is 16.3 Å². The number of carbonyl (C=O) groups excluding carboxylic acids is 1. The highest BCUT2D eigenvalue weighted by Crippen LogP contribution is 2.26. The number of halogens is 1. The number of ether oxygens (including phenoxy) is 1. The van der Waals surface area contributed by atoms with Gasteiger partial charge in [-0.2, -0.15) is 4.31 Å². The Morgan fingerprint density at radius 1 is 1.00 bits per heavy atom. The predicted molar refractivity (Wildman–Crippen MR) is 131 cm³/mol. The summed E-state index contributed by atoms with van der Waals surface area (Å²) < 4.78 is 32.4. The van der Waals surface area contributed by atoms with Crippen molar-refractivity contribution < 1.29 is 17.9 Å². The van der Waals surface area contributed by atoms with Crippen molar-refractivity contribution in [2.24, 2.45) is 0 Å². The van der Waals surface area contributed by atoms with Crippen LogP contribution in [-0.2, 0) is 20.5 Å². The first-order valence-electron chi connectivity index (χ1n) is 10.4. The molecule has 9 heteroatoms. The lowest BCUT2D eigenvalue weighted by atomic mass is 10.2. The van der Waals surface area contributed by atoms with Crippen LogP contribution in [0.4, 0.5) is 5.69 Å². The second kappa shape index (κ2) is 10.7. The molecule has 0 saturated carbocycles. The predicted octanol–water partition coefficient (Wildman–Crippen LogP) is 4.91. The molecule has 33 heavy (non-hydrogen) atoms. The maximum atomic E-state index is 12.9. The number of amides is 1. The van der Waals surface area contributed by atoms with Gasteiger partial charge in [-0.15, -0.1) is 11.8 Å². The van der Waals surface area contributed by atoms with Gasteiger partial charge in [-0.05, 0) is 48.0 Å². The van der Waals surface area contributed by atoms with E-state index in [-0.39, 0.29) is 28.6 Å². The standard InChI is InChI=1S/C24H23ClN2O4S2/c25-23-11-10-21(33(29,30)27-12-14-31-15-13-27)16-22(23)24(28)26-19-8-6-18(7-9-19)17-32-20-4-2-1-3-5-20/h1-11,16H,12-15,17H2,(H,26,28). The monoisotopic (exact) mass is 502 g/mol. The lowest BCUT2D eigenvalue weighted by Crippen LogP contribution is -2.40. The van der Waals surface area contributed by atoms with E-state index in [9.17, 15) is 13.2 Å². The lowest BCUT2D eigenvalue weighted by molar-refractivity contribution is 0.0730. The molecule has 1 aliphatic rings. The van der Waals surface area contributed by atoms with E-state index in [1.807, 2.05) is 42.5 Å². The summed E-state index contributed by atoms with van der Waals surface area (Å²) in [4.78, 5) is 14.1. The molecule has 1 N–H and O–H groups in total. The minimum absolute atomic E-state index is 0.0345. The molecule has 0 aromatic heterocycles. The number of hydrogen-bond donors (Lipinski definition) is 1. The molecule has 0 unspecified atom stereocenters. The van der Waals surface area contributed by atoms with Crippen LogP contribution in [0.3, 0.4) is 0 Å². The second-order valence-corrected chi connectivity index (χ2v) is 10.8. The first-order chi connectivity index (χ1) is 15.9. The molecule has 1 aliphatic heterocycles. The number of rotatable bonds is 7. The van der Waals surface area contributed by atoms with Crippen LogP contribution >= 0.6 is 23.4 Å². The van der Waals surface area contributed by atoms with Crippen LogP contribution in [0.5, 0.6) is 0 Å². The second-order valence-electron chi connectivity index (χ2n) is 7.41. The van der Waals surface area contributed by atoms with E-state index in [2.05, 4.69) is 17.4 Å². The van der Waals surface area contributed by atoms with Gasteiger partial charge in [-0.3, -0.25) is 4.79 Å². The number of morpholine rings is 1. The summed E-state index contributed by atoms with van der Waals surface area (Å²) in [7, 11) is -3.73. The summed E-state index contributed by atoms with van der Waals surface area (Å²) in [6, 6.07) is 21.9. The van der Waals surface area contributed by atoms with E-state index in [1.165, 1.54) is 27.4 Å². The third kappa shape index (κ3) is 5.96. The SMILES string of the molecule is O=C(Nc1ccc(CSc2ccccc2)cc1)c1cc(S(=O)(=O)N2CCOCC2)ccc1Cl. The van der Waals surface area contributed by atoms with Gasteiger partial charge in [-0.1, -0.05) is 41.9 Å². The third-order valence-electron chi connectivity index (χ3n) is 5.15. The zero-order valence-electron chi connectivity index (χ0n) is 17.7. The van der Waals surface area contributed by atoms with Crippen molar-refractivity contribution in [3.63, 3.8) is 0 Å². The van der Waals surface area contributed by atoms with Crippen molar-refractivity contribution >= 4 is 45.0 Å². The highest BCUT2D eigenvalue weighted by molar-refractivity contribution is 7.98. The van der Waals surface area contributed by atoms with E-state index in [1.54, 1.807) is 11.8 Å². The average Bonchev–Trinajstić information content (AvgIpc) is 2.85. The molecular weight excluding hydrogens is 480 g/mol. The van der Waals surface area contributed by atoms with Crippen molar-refractivity contribution in [1.29, 1.82) is 0 Å². The Hall–Kier alpha value is -2.36. The van der Waals surface area contributed by atoms with Crippen LogP contribution in [0.25, 0.3) is 0 Å². The first-order valence-corrected chi connectivity index (χ1v) is 13.2. The summed E-state index contributed by atoms with van der Waals surface area (Å²) >= 11 is 7.96. The fourth-order valence-electron chi connectivity index (χ4n) is 3.34. The molecule has 3 aromatic rings. The van der Waals surface area contributed by atoms with Crippen molar-refractivity contribution in [1.82, 2.24) is 4.31 Å². The average molecular weight is 503 g/mol. The number of nitrogens with zero attached hydrogens (tertiary/aromatic N) is 1. The Morgan fingerprint density at radius 3 is 2.39 bits per heavy atom. The topological polar surface area (TPSA) is 75.7 Å². The third-order valence-corrected chi connectivity index (χ3v) is 8.46. The Morgan fingerprint density at radius 2 is 1.70 bits per heavy atom. The van der Waals surface area contributed by atoms with Gasteiger partial charge in [0.1, 0.15) is 0 Å². The number of hydrogen-bond acceptors (Lipinski definition) is 5. The van der Waals surface area contributed by atoms with Gasteiger partial charge in [0.15, 0.2) is 0 Å². The van der Waals surface area contributed by atoms with E-state index in [0.717, 1.165) is 11.3 Å². The van der Waals surface area contributed by atoms with Gasteiger partial charge in [-0.25, -0.2) is 8.42 Å². The minimum Gasteiger partial charge on any atom is -0.379 e. The minimum atomic E-state index is -3.73. The largest absolute Gasteiger partial charge is 0.379 e. The molecule has 3 aromatic carbocycles. The molecule has 0 spiro atoms. The summed E-state index contributed by atoms with van der Waals surface area (Å²) in [5.74, 6) is 0.344. The van der Waals surface area contributed by atoms with Crippen molar-refractivity contribution in [3.05, 3.63) is 88.9 Å². The number of benzene rings is 3. The van der Waals surface area contributed by atoms with E-state index >= 15 is 0 Å². The Bertz CT molecular complexity index is 1210. The molecule has 6 nitrogen and oxygen atoms in total. The highest BCUT2D eigenvalue weighted by Gasteiger charge is 2.27. The molecule has 4 rings (SSSR count). The molecular formula is C24H23ClN2O4S2. The smallest absolute Gasteiger partial charge is 0.257 e. The van der Waals surface area contributed by atoms with Crippen LogP contribution in [0, 0.1) is 0 Å². The zero-order chi connectivity index (χ0) is 23.3. The van der Waals surface area contributed by atoms with Crippen LogP contribution < -0.4 is 5.32 Å². The van der Waals surface area contributed by atoms with Gasteiger partial charge in [0.05, 0.1) is 28.7 Å². The van der Waals surface area contributed by atoms with Gasteiger partial charge in [0.25, 0.3) is 5.91 Å². The maximum absolute atomic E-state index is 12.9. The number of carbonyl (C=O) groups is 1. The normalized spacial score (nSPS) is 14.7. The fourth-order valence-corrected chi connectivity index (χ4v) is 5.85. The number of sulfonamides is 1. The molecule has 0 bridgehead atoms. The summed E-state index contributed by atoms with van der Waals surface area (Å²) in [6.45, 7) is 1.25. The fraction of sp³-hybridized carbons (Fsp3) is 0.208. The number of thioether (sulfide) groups is 1. The van der Waals surface area contributed by atoms with Crippen LogP contribution in [0.15, 0.2) is 82.6 Å². The van der Waals surface area contributed by atoms with Crippen molar-refractivity contribution in [2.75, 3.05) is 31.6 Å².